The molecule has 0 radical (unpaired) electrons. The average molecular weight is 277 g/mol. The van der Waals surface area contributed by atoms with Crippen molar-refractivity contribution < 1.29 is 0 Å². The number of aromatic nitrogens is 4. The molecule has 2 aromatic heterocycles. The smallest absolute Gasteiger partial charge is 0.327 e. The van der Waals surface area contributed by atoms with Gasteiger partial charge in [0.25, 0.3) is 5.56 Å². The van der Waals surface area contributed by atoms with Crippen molar-refractivity contribution in [1.29, 1.82) is 0 Å². The number of hydrogen-bond donors (Lipinski definition) is 3. The summed E-state index contributed by atoms with van der Waals surface area (Å²) < 4.78 is 0. The van der Waals surface area contributed by atoms with Gasteiger partial charge >= 0.3 is 5.69 Å². The van der Waals surface area contributed by atoms with Crippen LogP contribution in [0.4, 0.5) is 0 Å². The molecule has 1 aromatic carbocycles. The van der Waals surface area contributed by atoms with Crippen LogP contribution in [0, 0.1) is 0 Å². The molecule has 3 N–H and O–H groups in total. The molecule has 2 heterocycles. The first-order valence-electron chi connectivity index (χ1n) is 5.57. The largest absolute Gasteiger partial charge is 0.336 e. The lowest BCUT2D eigenvalue weighted by Crippen LogP contribution is -2.21. The first-order chi connectivity index (χ1) is 9.11. The zero-order valence-electron chi connectivity index (χ0n) is 9.66. The standard InChI is InChI=1S/C12H9ClN4O2/c13-7-3-1-2-6(4-7)5-8-14-9-10(15-8)16-12(19)17-11(9)18/h1-4H,5H2,(H3,14,15,16,17,18,19). The zero-order valence-corrected chi connectivity index (χ0v) is 10.4. The Labute approximate surface area is 111 Å². The maximum Gasteiger partial charge on any atom is 0.327 e. The van der Waals surface area contributed by atoms with E-state index >= 15 is 0 Å². The minimum Gasteiger partial charge on any atom is -0.336 e. The minimum absolute atomic E-state index is 0.255. The van der Waals surface area contributed by atoms with Crippen molar-refractivity contribution in [2.45, 2.75) is 6.42 Å². The van der Waals surface area contributed by atoms with E-state index in [4.69, 9.17) is 11.6 Å². The van der Waals surface area contributed by atoms with Gasteiger partial charge in [-0.3, -0.25) is 14.8 Å². The van der Waals surface area contributed by atoms with Crippen LogP contribution in [0.5, 0.6) is 0 Å². The Hall–Kier alpha value is -2.34. The molecule has 0 aliphatic carbocycles. The number of aromatic amines is 3. The van der Waals surface area contributed by atoms with E-state index in [2.05, 4.69) is 19.9 Å². The topological polar surface area (TPSA) is 94.4 Å². The molecule has 0 saturated heterocycles. The fourth-order valence-electron chi connectivity index (χ4n) is 1.91. The summed E-state index contributed by atoms with van der Waals surface area (Å²) in [5.41, 5.74) is 0.426. The molecule has 0 spiro atoms. The summed E-state index contributed by atoms with van der Waals surface area (Å²) in [5.74, 6) is 0.588. The van der Waals surface area contributed by atoms with Crippen molar-refractivity contribution in [3.8, 4) is 0 Å². The van der Waals surface area contributed by atoms with Gasteiger partial charge in [-0.2, -0.15) is 0 Å². The predicted molar refractivity (Wildman–Crippen MR) is 71.6 cm³/mol. The molecule has 0 bridgehead atoms. The van der Waals surface area contributed by atoms with E-state index in [9.17, 15) is 9.59 Å². The summed E-state index contributed by atoms with van der Waals surface area (Å²) in [7, 11) is 0. The molecule has 0 aliphatic rings. The van der Waals surface area contributed by atoms with Crippen LogP contribution in [-0.4, -0.2) is 19.9 Å². The molecule has 0 amide bonds. The number of fused-ring (bicyclic) bond motifs is 1. The Balaban J connectivity index is 2.05. The van der Waals surface area contributed by atoms with E-state index in [1.165, 1.54) is 0 Å². The maximum absolute atomic E-state index is 11.6. The minimum atomic E-state index is -0.571. The fourth-order valence-corrected chi connectivity index (χ4v) is 2.12. The normalized spacial score (nSPS) is 11.0. The summed E-state index contributed by atoms with van der Waals surface area (Å²) in [6.45, 7) is 0. The number of rotatable bonds is 2. The summed E-state index contributed by atoms with van der Waals surface area (Å²) in [4.78, 5) is 34.4. The van der Waals surface area contributed by atoms with Crippen molar-refractivity contribution in [1.82, 2.24) is 19.9 Å². The van der Waals surface area contributed by atoms with Crippen molar-refractivity contribution in [3.05, 3.63) is 61.5 Å². The van der Waals surface area contributed by atoms with Gasteiger partial charge in [-0.25, -0.2) is 9.78 Å². The molecule has 0 aliphatic heterocycles. The third kappa shape index (κ3) is 2.30. The first-order valence-corrected chi connectivity index (χ1v) is 5.95. The van der Waals surface area contributed by atoms with Crippen molar-refractivity contribution in [3.63, 3.8) is 0 Å². The van der Waals surface area contributed by atoms with Crippen LogP contribution in [0.25, 0.3) is 11.2 Å². The lowest BCUT2D eigenvalue weighted by Gasteiger charge is -1.98. The summed E-state index contributed by atoms with van der Waals surface area (Å²) in [6.07, 6.45) is 0.497. The highest BCUT2D eigenvalue weighted by atomic mass is 35.5. The number of nitrogens with one attached hydrogen (secondary N) is 3. The van der Waals surface area contributed by atoms with Crippen molar-refractivity contribution >= 4 is 22.8 Å². The van der Waals surface area contributed by atoms with Crippen LogP contribution in [0.2, 0.25) is 5.02 Å². The van der Waals surface area contributed by atoms with Crippen molar-refractivity contribution in [2.75, 3.05) is 0 Å². The highest BCUT2D eigenvalue weighted by Crippen LogP contribution is 2.14. The molecule has 96 valence electrons. The second kappa shape index (κ2) is 4.40. The Morgan fingerprint density at radius 3 is 2.79 bits per heavy atom. The zero-order chi connectivity index (χ0) is 13.4. The van der Waals surface area contributed by atoms with Gasteiger partial charge in [0.2, 0.25) is 0 Å². The third-order valence-electron chi connectivity index (χ3n) is 2.70. The second-order valence-corrected chi connectivity index (χ2v) is 4.56. The molecule has 3 rings (SSSR count). The number of imidazole rings is 1. The predicted octanol–water partition coefficient (Wildman–Crippen LogP) is 1.18. The van der Waals surface area contributed by atoms with Crippen LogP contribution in [0.1, 0.15) is 11.4 Å². The van der Waals surface area contributed by atoms with Gasteiger partial charge in [0.1, 0.15) is 11.3 Å². The van der Waals surface area contributed by atoms with E-state index < -0.39 is 11.2 Å². The van der Waals surface area contributed by atoms with Crippen LogP contribution in [0.15, 0.2) is 33.9 Å². The number of H-pyrrole nitrogens is 3. The Bertz CT molecular complexity index is 862. The average Bonchev–Trinajstić information content (AvgIpc) is 2.71. The molecule has 7 heteroatoms. The Morgan fingerprint density at radius 2 is 2.00 bits per heavy atom. The number of hydrogen-bond acceptors (Lipinski definition) is 3. The molecule has 3 aromatic rings. The molecule has 0 unspecified atom stereocenters. The molecule has 0 fully saturated rings. The van der Waals surface area contributed by atoms with E-state index in [1.807, 2.05) is 18.2 Å². The monoisotopic (exact) mass is 276 g/mol. The second-order valence-electron chi connectivity index (χ2n) is 4.12. The number of benzene rings is 1. The molecule has 0 saturated carbocycles. The van der Waals surface area contributed by atoms with Crippen LogP contribution < -0.4 is 11.2 Å². The summed E-state index contributed by atoms with van der Waals surface area (Å²) >= 11 is 5.90. The quantitative estimate of drug-likeness (QED) is 0.656. The first kappa shape index (κ1) is 11.7. The summed E-state index contributed by atoms with van der Waals surface area (Å²) in [5, 5.41) is 0.639. The van der Waals surface area contributed by atoms with E-state index in [0.717, 1.165) is 5.56 Å². The number of nitrogens with zero attached hydrogens (tertiary/aromatic N) is 1. The van der Waals surface area contributed by atoms with Gasteiger partial charge in [-0.1, -0.05) is 23.7 Å². The van der Waals surface area contributed by atoms with Crippen LogP contribution in [0.3, 0.4) is 0 Å². The lowest BCUT2D eigenvalue weighted by molar-refractivity contribution is 1.03. The van der Waals surface area contributed by atoms with Crippen molar-refractivity contribution in [2.24, 2.45) is 0 Å². The van der Waals surface area contributed by atoms with Gasteiger partial charge in [-0.05, 0) is 17.7 Å². The number of halogens is 1. The van der Waals surface area contributed by atoms with Gasteiger partial charge < -0.3 is 4.98 Å². The van der Waals surface area contributed by atoms with Crippen LogP contribution in [-0.2, 0) is 6.42 Å². The molecule has 19 heavy (non-hydrogen) atoms. The highest BCUT2D eigenvalue weighted by molar-refractivity contribution is 6.30. The van der Waals surface area contributed by atoms with Gasteiger partial charge in [-0.15, -0.1) is 0 Å². The fraction of sp³-hybridized carbons (Fsp3) is 0.0833. The molecule has 0 atom stereocenters. The SMILES string of the molecule is O=c1[nH]c(=O)c2[nH]c(Cc3cccc(Cl)c3)nc2[nH]1. The van der Waals surface area contributed by atoms with Crippen LogP contribution >= 0.6 is 11.6 Å². The maximum atomic E-state index is 11.6. The summed E-state index contributed by atoms with van der Waals surface area (Å²) in [6, 6.07) is 7.36. The van der Waals surface area contributed by atoms with E-state index in [0.29, 0.717) is 17.3 Å². The molecule has 6 nitrogen and oxygen atoms in total. The Morgan fingerprint density at radius 1 is 1.16 bits per heavy atom. The van der Waals surface area contributed by atoms with E-state index in [-0.39, 0.29) is 11.2 Å². The molecular weight excluding hydrogens is 268 g/mol. The Kier molecular flexibility index (Phi) is 2.72. The molecular formula is C12H9ClN4O2. The highest BCUT2D eigenvalue weighted by Gasteiger charge is 2.08. The van der Waals surface area contributed by atoms with Gasteiger partial charge in [0.15, 0.2) is 5.65 Å². The lowest BCUT2D eigenvalue weighted by atomic mass is 10.1. The van der Waals surface area contributed by atoms with Gasteiger partial charge in [0.05, 0.1) is 0 Å². The van der Waals surface area contributed by atoms with E-state index in [1.54, 1.807) is 6.07 Å². The van der Waals surface area contributed by atoms with Gasteiger partial charge in [0, 0.05) is 11.4 Å². The third-order valence-corrected chi connectivity index (χ3v) is 2.93.